The summed E-state index contributed by atoms with van der Waals surface area (Å²) in [6, 6.07) is -0.626. The van der Waals surface area contributed by atoms with Crippen LogP contribution in [0.3, 0.4) is 0 Å². The summed E-state index contributed by atoms with van der Waals surface area (Å²) in [7, 11) is -3.62. The molecule has 0 bridgehead atoms. The second kappa shape index (κ2) is 9.32. The summed E-state index contributed by atoms with van der Waals surface area (Å²) in [6.45, 7) is 20.5. The number of nitrogens with one attached hydrogen (secondary N) is 1. The molecule has 0 aromatic carbocycles. The molecule has 2 saturated heterocycles. The van der Waals surface area contributed by atoms with Gasteiger partial charge in [-0.25, -0.2) is 4.79 Å². The lowest BCUT2D eigenvalue weighted by molar-refractivity contribution is -0.203. The van der Waals surface area contributed by atoms with Crippen molar-refractivity contribution < 1.29 is 33.8 Å². The number of aliphatic hydroxyl groups is 2. The second-order valence-corrected chi connectivity index (χ2v) is 18.8. The van der Waals surface area contributed by atoms with Gasteiger partial charge in [-0.3, -0.25) is 19.8 Å². The van der Waals surface area contributed by atoms with Crippen molar-refractivity contribution in [1.82, 2.24) is 10.2 Å². The third-order valence-electron chi connectivity index (χ3n) is 7.84. The van der Waals surface area contributed by atoms with Crippen LogP contribution >= 0.6 is 0 Å². The highest BCUT2D eigenvalue weighted by molar-refractivity contribution is 6.59. The van der Waals surface area contributed by atoms with Gasteiger partial charge in [-0.1, -0.05) is 54.6 Å². The van der Waals surface area contributed by atoms with Gasteiger partial charge in [0.1, 0.15) is 10.9 Å². The van der Waals surface area contributed by atoms with Gasteiger partial charge in [0.05, 0.1) is 26.9 Å². The number of imide groups is 1. The molecule has 9 nitrogen and oxygen atoms in total. The number of carbonyl (C=O) groups is 3. The fraction of sp³-hybridized carbons (Fsp3) is 0.875. The highest BCUT2D eigenvalue weighted by atomic mass is 28.3. The third kappa shape index (κ3) is 4.68. The van der Waals surface area contributed by atoms with Gasteiger partial charge in [0.25, 0.3) is 0 Å². The molecule has 2 aliphatic heterocycles. The molecule has 202 valence electrons. The molecule has 2 rings (SSSR count). The average Bonchev–Trinajstić information content (AvgIpc) is 2.99. The van der Waals surface area contributed by atoms with Crippen LogP contribution in [0.4, 0.5) is 4.79 Å². The molecule has 5 atom stereocenters. The Labute approximate surface area is 213 Å². The van der Waals surface area contributed by atoms with E-state index in [9.17, 15) is 24.6 Å². The maximum Gasteiger partial charge on any atom is 0.326 e. The highest BCUT2D eigenvalue weighted by Crippen LogP contribution is 2.55. The van der Waals surface area contributed by atoms with Gasteiger partial charge in [-0.15, -0.1) is 0 Å². The summed E-state index contributed by atoms with van der Waals surface area (Å²) >= 11 is 0. The molecule has 0 radical (unpaired) electrons. The molecular formula is C24H46N2O7Si2. The fourth-order valence-corrected chi connectivity index (χ4v) is 9.06. The molecule has 3 amide bonds. The van der Waals surface area contributed by atoms with Gasteiger partial charge in [-0.2, -0.15) is 0 Å². The van der Waals surface area contributed by atoms with Crippen LogP contribution in [0.1, 0.15) is 54.9 Å². The maximum atomic E-state index is 13.4. The first-order valence-electron chi connectivity index (χ1n) is 12.5. The summed E-state index contributed by atoms with van der Waals surface area (Å²) in [5.41, 5.74) is -6.03. The van der Waals surface area contributed by atoms with Crippen molar-refractivity contribution in [3.63, 3.8) is 0 Å². The first-order valence-corrected chi connectivity index (χ1v) is 18.1. The first kappa shape index (κ1) is 30.1. The van der Waals surface area contributed by atoms with E-state index < -0.39 is 75.3 Å². The number of rotatable bonds is 7. The lowest BCUT2D eigenvalue weighted by Crippen LogP contribution is -2.72. The number of carbonyl (C=O) groups excluding carboxylic acids is 3. The van der Waals surface area contributed by atoms with Gasteiger partial charge in [-0.05, 0) is 30.8 Å². The zero-order valence-corrected chi connectivity index (χ0v) is 25.6. The zero-order valence-electron chi connectivity index (χ0n) is 23.3. The minimum Gasteiger partial charge on any atom is -0.416 e. The van der Waals surface area contributed by atoms with Gasteiger partial charge in [0.2, 0.25) is 5.91 Å². The molecule has 0 saturated carbocycles. The molecule has 35 heavy (non-hydrogen) atoms. The number of urea groups is 1. The van der Waals surface area contributed by atoms with Crippen LogP contribution in [0.2, 0.25) is 26.2 Å². The quantitative estimate of drug-likeness (QED) is 0.339. The Hall–Kier alpha value is -1.12. The molecule has 2 aliphatic rings. The van der Waals surface area contributed by atoms with E-state index in [1.165, 1.54) is 4.90 Å². The molecule has 0 aromatic heterocycles. The zero-order chi connectivity index (χ0) is 27.4. The predicted octanol–water partition coefficient (Wildman–Crippen LogP) is 1.81. The van der Waals surface area contributed by atoms with Gasteiger partial charge in [0.15, 0.2) is 20.9 Å². The lowest BCUT2D eigenvalue weighted by atomic mass is 9.66. The molecule has 11 heteroatoms. The average molecular weight is 531 g/mol. The Morgan fingerprint density at radius 1 is 1.17 bits per heavy atom. The smallest absolute Gasteiger partial charge is 0.326 e. The Morgan fingerprint density at radius 2 is 1.71 bits per heavy atom. The molecule has 0 aromatic rings. The number of aliphatic hydroxyl groups excluding tert-OH is 1. The number of amides is 3. The number of aldehydes is 1. The number of hydrogen-bond donors (Lipinski definition) is 3. The minimum absolute atomic E-state index is 0.00644. The van der Waals surface area contributed by atoms with Crippen LogP contribution in [0.15, 0.2) is 0 Å². The second-order valence-electron chi connectivity index (χ2n) is 13.2. The van der Waals surface area contributed by atoms with E-state index in [1.807, 2.05) is 47.0 Å². The van der Waals surface area contributed by atoms with Crippen LogP contribution in [0.5, 0.6) is 0 Å². The van der Waals surface area contributed by atoms with E-state index >= 15 is 0 Å². The topological polar surface area (TPSA) is 125 Å². The minimum atomic E-state index is -2.05. The van der Waals surface area contributed by atoms with Crippen molar-refractivity contribution in [2.75, 3.05) is 13.2 Å². The summed E-state index contributed by atoms with van der Waals surface area (Å²) in [5.74, 6) is -0.415. The number of ether oxygens (including phenoxy) is 1. The van der Waals surface area contributed by atoms with Crippen LogP contribution in [-0.2, 0) is 18.8 Å². The molecule has 2 heterocycles. The lowest BCUT2D eigenvalue weighted by Gasteiger charge is -2.53. The first-order chi connectivity index (χ1) is 15.7. The molecular weight excluding hydrogens is 484 g/mol. The summed E-state index contributed by atoms with van der Waals surface area (Å²) < 4.78 is 12.8. The Morgan fingerprint density at radius 3 is 2.06 bits per heavy atom. The Kier molecular flexibility index (Phi) is 8.02. The standard InChI is InChI=1S/C24H46N2O7Si2/c1-19(2,3)16(32-35(10)11)21(7)13-26(18(30)25-17(21)29)24(34(8)9)12-23(31,20(4,5)6)22(14-27,15-28)33-24/h14,16,28,31,34-35H,12-13,15H2,1-11H3,(H,25,29,30)/t16?,21?,22-,23-,24+/m1/s1. The monoisotopic (exact) mass is 530 g/mol. The SMILES string of the molecule is C[SiH](C)OC(C(C)(C)C)C1(C)CN([C@@]2([SiH](C)C)C[C@@](O)(C(C)(C)C)[C@@](C=O)(CO)O2)C(=O)NC1=O. The van der Waals surface area contributed by atoms with Crippen LogP contribution in [0.25, 0.3) is 0 Å². The fourth-order valence-electron chi connectivity index (χ4n) is 5.83. The third-order valence-corrected chi connectivity index (χ3v) is 11.1. The summed E-state index contributed by atoms with van der Waals surface area (Å²) in [6.07, 6.45) is -0.0709. The van der Waals surface area contributed by atoms with Crippen molar-refractivity contribution in [2.45, 2.75) is 104 Å². The van der Waals surface area contributed by atoms with Gasteiger partial charge >= 0.3 is 6.03 Å². The van der Waals surface area contributed by atoms with Gasteiger partial charge in [0, 0.05) is 13.0 Å². The maximum absolute atomic E-state index is 13.4. The van der Waals surface area contributed by atoms with Crippen molar-refractivity contribution in [3.8, 4) is 0 Å². The van der Waals surface area contributed by atoms with E-state index in [0.717, 1.165) is 0 Å². The molecule has 0 spiro atoms. The molecule has 3 N–H and O–H groups in total. The van der Waals surface area contributed by atoms with E-state index in [0.29, 0.717) is 6.29 Å². The highest BCUT2D eigenvalue weighted by Gasteiger charge is 2.72. The number of nitrogens with zero attached hydrogens (tertiary/aromatic N) is 1. The van der Waals surface area contributed by atoms with E-state index in [1.54, 1.807) is 27.7 Å². The predicted molar refractivity (Wildman–Crippen MR) is 139 cm³/mol. The normalized spacial score (nSPS) is 35.6. The van der Waals surface area contributed by atoms with Crippen molar-refractivity contribution in [1.29, 1.82) is 0 Å². The van der Waals surface area contributed by atoms with E-state index in [2.05, 4.69) is 5.32 Å². The largest absolute Gasteiger partial charge is 0.416 e. The van der Waals surface area contributed by atoms with Crippen molar-refractivity contribution in [2.24, 2.45) is 16.2 Å². The number of hydrogen-bond acceptors (Lipinski definition) is 7. The molecule has 0 aliphatic carbocycles. The van der Waals surface area contributed by atoms with Crippen molar-refractivity contribution >= 4 is 36.1 Å². The summed E-state index contributed by atoms with van der Waals surface area (Å²) in [5, 5.41) is 23.5. The van der Waals surface area contributed by atoms with E-state index in [-0.39, 0.29) is 13.0 Å². The molecule has 2 unspecified atom stereocenters. The molecule has 2 fully saturated rings. The van der Waals surface area contributed by atoms with Crippen LogP contribution < -0.4 is 5.32 Å². The summed E-state index contributed by atoms with van der Waals surface area (Å²) in [4.78, 5) is 40.7. The van der Waals surface area contributed by atoms with Crippen molar-refractivity contribution in [3.05, 3.63) is 0 Å². The Balaban J connectivity index is 2.72. The van der Waals surface area contributed by atoms with E-state index in [4.69, 9.17) is 9.16 Å². The van der Waals surface area contributed by atoms with Gasteiger partial charge < -0.3 is 19.4 Å². The Bertz CT molecular complexity index is 856. The van der Waals surface area contributed by atoms with Crippen LogP contribution in [0, 0.1) is 16.2 Å². The van der Waals surface area contributed by atoms with Crippen LogP contribution in [-0.4, -0.2) is 87.0 Å².